The van der Waals surface area contributed by atoms with Gasteiger partial charge in [-0.25, -0.2) is 0 Å². The number of rotatable bonds is 4. The zero-order valence-corrected chi connectivity index (χ0v) is 12.7. The van der Waals surface area contributed by atoms with Gasteiger partial charge in [0.2, 0.25) is 0 Å². The lowest BCUT2D eigenvalue weighted by Crippen LogP contribution is -1.90. The van der Waals surface area contributed by atoms with Gasteiger partial charge < -0.3 is 4.42 Å². The smallest absolute Gasteiger partial charge is 0.277 e. The Labute approximate surface area is 124 Å². The van der Waals surface area contributed by atoms with Crippen LogP contribution in [0.3, 0.4) is 0 Å². The summed E-state index contributed by atoms with van der Waals surface area (Å²) in [7, 11) is 0. The molecule has 0 aliphatic rings. The van der Waals surface area contributed by atoms with E-state index in [9.17, 15) is 0 Å². The van der Waals surface area contributed by atoms with Gasteiger partial charge in [0.25, 0.3) is 11.1 Å². The van der Waals surface area contributed by atoms with Gasteiger partial charge in [0, 0.05) is 18.1 Å². The number of aryl methyl sites for hydroxylation is 2. The summed E-state index contributed by atoms with van der Waals surface area (Å²) in [6.07, 6.45) is 3.52. The number of nitrogens with zero attached hydrogens (tertiary/aromatic N) is 4. The van der Waals surface area contributed by atoms with E-state index in [-0.39, 0.29) is 0 Å². The Morgan fingerprint density at radius 1 is 1.20 bits per heavy atom. The predicted octanol–water partition coefficient (Wildman–Crippen LogP) is 3.50. The molecule has 3 rings (SSSR count). The summed E-state index contributed by atoms with van der Waals surface area (Å²) in [6.45, 7) is 3.95. The van der Waals surface area contributed by atoms with Crippen molar-refractivity contribution in [3.63, 3.8) is 0 Å². The van der Waals surface area contributed by atoms with E-state index in [0.717, 1.165) is 21.8 Å². The summed E-state index contributed by atoms with van der Waals surface area (Å²) in [5.41, 5.74) is 2.96. The summed E-state index contributed by atoms with van der Waals surface area (Å²) in [6, 6.07) is 2.04. The van der Waals surface area contributed by atoms with Gasteiger partial charge in [0.1, 0.15) is 0 Å². The maximum absolute atomic E-state index is 5.66. The van der Waals surface area contributed by atoms with Crippen LogP contribution in [0.15, 0.2) is 33.5 Å². The van der Waals surface area contributed by atoms with Gasteiger partial charge in [0.05, 0.1) is 16.3 Å². The molecule has 0 saturated heterocycles. The summed E-state index contributed by atoms with van der Waals surface area (Å²) < 4.78 is 5.66. The molecule has 0 fully saturated rings. The molecule has 7 heteroatoms. The monoisotopic (exact) mass is 304 g/mol. The largest absolute Gasteiger partial charge is 0.410 e. The fourth-order valence-electron chi connectivity index (χ4n) is 1.58. The molecule has 0 radical (unpaired) electrons. The minimum atomic E-state index is 0.551. The molecule has 0 saturated carbocycles. The summed E-state index contributed by atoms with van der Waals surface area (Å²) in [5.74, 6) is 1.24. The van der Waals surface area contributed by atoms with Crippen molar-refractivity contribution in [2.45, 2.75) is 24.8 Å². The number of thiophene rings is 1. The lowest BCUT2D eigenvalue weighted by Gasteiger charge is -1.97. The number of thioether (sulfide) groups is 1. The van der Waals surface area contributed by atoms with Crippen LogP contribution in [0.5, 0.6) is 0 Å². The van der Waals surface area contributed by atoms with Crippen molar-refractivity contribution in [3.8, 4) is 10.8 Å². The molecule has 0 aromatic carbocycles. The van der Waals surface area contributed by atoms with Crippen LogP contribution in [-0.4, -0.2) is 20.2 Å². The summed E-state index contributed by atoms with van der Waals surface area (Å²) in [5, 5.41) is 10.7. The van der Waals surface area contributed by atoms with E-state index in [1.165, 1.54) is 11.8 Å². The Hall–Kier alpha value is -1.73. The molecule has 20 heavy (non-hydrogen) atoms. The minimum absolute atomic E-state index is 0.551. The SMILES string of the molecule is Cc1cnc(CSc2nnc(-c3sccc3C)o2)cn1. The van der Waals surface area contributed by atoms with Crippen LogP contribution in [-0.2, 0) is 5.75 Å². The van der Waals surface area contributed by atoms with E-state index in [0.29, 0.717) is 16.9 Å². The van der Waals surface area contributed by atoms with Gasteiger partial charge in [-0.3, -0.25) is 9.97 Å². The van der Waals surface area contributed by atoms with Crippen molar-refractivity contribution in [1.82, 2.24) is 20.2 Å². The average Bonchev–Trinajstić information content (AvgIpc) is 3.06. The van der Waals surface area contributed by atoms with Crippen LogP contribution in [0.4, 0.5) is 0 Å². The lowest BCUT2D eigenvalue weighted by molar-refractivity contribution is 0.466. The number of hydrogen-bond acceptors (Lipinski definition) is 7. The number of aromatic nitrogens is 4. The van der Waals surface area contributed by atoms with E-state index in [2.05, 4.69) is 20.2 Å². The zero-order valence-electron chi connectivity index (χ0n) is 11.0. The van der Waals surface area contributed by atoms with E-state index in [1.807, 2.05) is 25.3 Å². The van der Waals surface area contributed by atoms with Gasteiger partial charge >= 0.3 is 0 Å². The highest BCUT2D eigenvalue weighted by Gasteiger charge is 2.12. The zero-order chi connectivity index (χ0) is 13.9. The van der Waals surface area contributed by atoms with Gasteiger partial charge in [-0.05, 0) is 30.9 Å². The quantitative estimate of drug-likeness (QED) is 0.687. The third-order valence-corrected chi connectivity index (χ3v) is 4.50. The van der Waals surface area contributed by atoms with Crippen molar-refractivity contribution in [3.05, 3.63) is 40.8 Å². The van der Waals surface area contributed by atoms with Gasteiger partial charge in [0.15, 0.2) is 0 Å². The van der Waals surface area contributed by atoms with Gasteiger partial charge in [-0.2, -0.15) is 0 Å². The molecule has 3 aromatic heterocycles. The van der Waals surface area contributed by atoms with Crippen LogP contribution in [0.1, 0.15) is 17.0 Å². The second-order valence-corrected chi connectivity index (χ2v) is 6.09. The first kappa shape index (κ1) is 13.3. The van der Waals surface area contributed by atoms with Crippen LogP contribution < -0.4 is 0 Å². The van der Waals surface area contributed by atoms with E-state index >= 15 is 0 Å². The maximum Gasteiger partial charge on any atom is 0.277 e. The van der Waals surface area contributed by atoms with Crippen molar-refractivity contribution in [2.75, 3.05) is 0 Å². The van der Waals surface area contributed by atoms with Crippen LogP contribution >= 0.6 is 23.1 Å². The molecule has 0 bridgehead atoms. The van der Waals surface area contributed by atoms with Crippen molar-refractivity contribution in [1.29, 1.82) is 0 Å². The molecule has 3 heterocycles. The standard InChI is InChI=1S/C13H12N4OS2/c1-8-3-4-19-11(8)12-16-17-13(18-12)20-7-10-6-14-9(2)5-15-10/h3-6H,7H2,1-2H3. The molecule has 0 atom stereocenters. The molecule has 0 amide bonds. The molecule has 0 spiro atoms. The molecule has 0 unspecified atom stereocenters. The highest BCUT2D eigenvalue weighted by Crippen LogP contribution is 2.30. The van der Waals surface area contributed by atoms with Crippen molar-refractivity contribution < 1.29 is 4.42 Å². The Bertz CT molecular complexity index is 705. The number of hydrogen-bond donors (Lipinski definition) is 0. The second kappa shape index (κ2) is 5.72. The first-order valence-electron chi connectivity index (χ1n) is 6.00. The maximum atomic E-state index is 5.66. The van der Waals surface area contributed by atoms with Crippen molar-refractivity contribution >= 4 is 23.1 Å². The van der Waals surface area contributed by atoms with Crippen LogP contribution in [0.2, 0.25) is 0 Å². The summed E-state index contributed by atoms with van der Waals surface area (Å²) >= 11 is 3.07. The molecular weight excluding hydrogens is 292 g/mol. The normalized spacial score (nSPS) is 10.9. The Balaban J connectivity index is 1.69. The lowest BCUT2D eigenvalue weighted by atomic mass is 10.3. The first-order chi connectivity index (χ1) is 9.72. The molecule has 5 nitrogen and oxygen atoms in total. The second-order valence-electron chi connectivity index (χ2n) is 4.24. The minimum Gasteiger partial charge on any atom is -0.410 e. The van der Waals surface area contributed by atoms with Crippen LogP contribution in [0, 0.1) is 13.8 Å². The predicted molar refractivity (Wildman–Crippen MR) is 78.7 cm³/mol. The highest BCUT2D eigenvalue weighted by atomic mass is 32.2. The molecular formula is C13H12N4OS2. The van der Waals surface area contributed by atoms with Crippen molar-refractivity contribution in [2.24, 2.45) is 0 Å². The van der Waals surface area contributed by atoms with Crippen LogP contribution in [0.25, 0.3) is 10.8 Å². The molecule has 102 valence electrons. The third kappa shape index (κ3) is 2.88. The van der Waals surface area contributed by atoms with E-state index < -0.39 is 0 Å². The molecule has 0 aliphatic carbocycles. The fraction of sp³-hybridized carbons (Fsp3) is 0.231. The summed E-state index contributed by atoms with van der Waals surface area (Å²) in [4.78, 5) is 9.53. The fourth-order valence-corrected chi connectivity index (χ4v) is 3.08. The average molecular weight is 304 g/mol. The van der Waals surface area contributed by atoms with Gasteiger partial charge in [-0.1, -0.05) is 11.8 Å². The molecule has 0 aliphatic heterocycles. The topological polar surface area (TPSA) is 64.7 Å². The Kier molecular flexibility index (Phi) is 3.79. The Morgan fingerprint density at radius 3 is 2.80 bits per heavy atom. The molecule has 3 aromatic rings. The van der Waals surface area contributed by atoms with E-state index in [1.54, 1.807) is 23.7 Å². The first-order valence-corrected chi connectivity index (χ1v) is 7.87. The van der Waals surface area contributed by atoms with E-state index in [4.69, 9.17) is 4.42 Å². The highest BCUT2D eigenvalue weighted by molar-refractivity contribution is 7.98. The Morgan fingerprint density at radius 2 is 2.10 bits per heavy atom. The molecule has 0 N–H and O–H groups in total. The third-order valence-electron chi connectivity index (χ3n) is 2.64. The van der Waals surface area contributed by atoms with Gasteiger partial charge in [-0.15, -0.1) is 21.5 Å².